The van der Waals surface area contributed by atoms with Crippen LogP contribution in [0.25, 0.3) is 0 Å². The zero-order chi connectivity index (χ0) is 15.6. The lowest BCUT2D eigenvalue weighted by Gasteiger charge is -2.15. The van der Waals surface area contributed by atoms with Crippen LogP contribution in [0.4, 0.5) is 17.1 Å². The van der Waals surface area contributed by atoms with Crippen LogP contribution in [-0.2, 0) is 0 Å². The van der Waals surface area contributed by atoms with Gasteiger partial charge in [-0.25, -0.2) is 0 Å². The number of anilines is 3. The summed E-state index contributed by atoms with van der Waals surface area (Å²) in [7, 11) is 3.93. The fourth-order valence-corrected chi connectivity index (χ4v) is 2.17. The van der Waals surface area contributed by atoms with Crippen molar-refractivity contribution >= 4 is 23.0 Å². The minimum absolute atomic E-state index is 0.143. The highest BCUT2D eigenvalue weighted by Crippen LogP contribution is 2.21. The number of hydrogen-bond donors (Lipinski definition) is 2. The first-order chi connectivity index (χ1) is 9.88. The topological polar surface area (TPSA) is 58.4 Å². The molecule has 3 N–H and O–H groups in total. The van der Waals surface area contributed by atoms with Crippen molar-refractivity contribution in [2.45, 2.75) is 13.8 Å². The normalized spacial score (nSPS) is 10.3. The van der Waals surface area contributed by atoms with E-state index < -0.39 is 0 Å². The van der Waals surface area contributed by atoms with Crippen molar-refractivity contribution in [3.05, 3.63) is 53.1 Å². The number of carbonyl (C=O) groups excluding carboxylic acids is 1. The number of nitrogens with zero attached hydrogens (tertiary/aromatic N) is 1. The van der Waals surface area contributed by atoms with E-state index in [-0.39, 0.29) is 5.91 Å². The van der Waals surface area contributed by atoms with E-state index in [9.17, 15) is 4.79 Å². The Morgan fingerprint density at radius 2 is 1.81 bits per heavy atom. The maximum Gasteiger partial charge on any atom is 0.256 e. The van der Waals surface area contributed by atoms with E-state index in [0.29, 0.717) is 11.3 Å². The number of carbonyl (C=O) groups is 1. The molecule has 0 fully saturated rings. The number of aryl methyl sites for hydroxylation is 2. The van der Waals surface area contributed by atoms with Crippen LogP contribution in [0.3, 0.4) is 0 Å². The van der Waals surface area contributed by atoms with E-state index in [0.717, 1.165) is 22.5 Å². The van der Waals surface area contributed by atoms with Gasteiger partial charge in [-0.15, -0.1) is 0 Å². The molecule has 0 aliphatic carbocycles. The molecule has 0 unspecified atom stereocenters. The van der Waals surface area contributed by atoms with Gasteiger partial charge >= 0.3 is 0 Å². The number of rotatable bonds is 3. The number of nitrogens with one attached hydrogen (secondary N) is 1. The van der Waals surface area contributed by atoms with Crippen LogP contribution in [0.2, 0.25) is 0 Å². The third-order valence-electron chi connectivity index (χ3n) is 3.48. The average Bonchev–Trinajstić information content (AvgIpc) is 2.43. The number of nitrogens with two attached hydrogens (primary N) is 1. The van der Waals surface area contributed by atoms with Crippen molar-refractivity contribution in [3.8, 4) is 0 Å². The molecular formula is C17H21N3O. The van der Waals surface area contributed by atoms with E-state index in [1.54, 1.807) is 6.07 Å². The van der Waals surface area contributed by atoms with Gasteiger partial charge in [0.1, 0.15) is 0 Å². The van der Waals surface area contributed by atoms with Gasteiger partial charge < -0.3 is 16.0 Å². The van der Waals surface area contributed by atoms with Crippen molar-refractivity contribution in [1.82, 2.24) is 0 Å². The average molecular weight is 283 g/mol. The Hall–Kier alpha value is -2.49. The Morgan fingerprint density at radius 1 is 1.10 bits per heavy atom. The summed E-state index contributed by atoms with van der Waals surface area (Å²) in [5.74, 6) is -0.143. The first-order valence-electron chi connectivity index (χ1n) is 6.84. The second-order valence-corrected chi connectivity index (χ2v) is 5.42. The van der Waals surface area contributed by atoms with Crippen LogP contribution < -0.4 is 16.0 Å². The van der Waals surface area contributed by atoms with Crippen molar-refractivity contribution < 1.29 is 4.79 Å². The molecular weight excluding hydrogens is 262 g/mol. The quantitative estimate of drug-likeness (QED) is 0.850. The van der Waals surface area contributed by atoms with Gasteiger partial charge in [0.2, 0.25) is 0 Å². The predicted molar refractivity (Wildman–Crippen MR) is 89.1 cm³/mol. The summed E-state index contributed by atoms with van der Waals surface area (Å²) in [6, 6.07) is 11.4. The minimum atomic E-state index is -0.143. The lowest BCUT2D eigenvalue weighted by molar-refractivity contribution is 0.102. The molecule has 0 aromatic heterocycles. The van der Waals surface area contributed by atoms with Gasteiger partial charge in [-0.05, 0) is 49.2 Å². The molecule has 110 valence electrons. The van der Waals surface area contributed by atoms with Crippen LogP contribution in [0, 0.1) is 13.8 Å². The summed E-state index contributed by atoms with van der Waals surface area (Å²) >= 11 is 0. The zero-order valence-electron chi connectivity index (χ0n) is 12.9. The van der Waals surface area contributed by atoms with Crippen LogP contribution in [0.1, 0.15) is 21.5 Å². The van der Waals surface area contributed by atoms with E-state index >= 15 is 0 Å². The lowest BCUT2D eigenvalue weighted by atomic mass is 10.0. The second-order valence-electron chi connectivity index (χ2n) is 5.42. The monoisotopic (exact) mass is 283 g/mol. The Kier molecular flexibility index (Phi) is 4.17. The molecule has 2 aromatic carbocycles. The Balaban J connectivity index is 2.26. The van der Waals surface area contributed by atoms with E-state index in [2.05, 4.69) is 5.32 Å². The van der Waals surface area contributed by atoms with Crippen molar-refractivity contribution in [2.24, 2.45) is 0 Å². The van der Waals surface area contributed by atoms with Crippen LogP contribution in [-0.4, -0.2) is 20.0 Å². The first kappa shape index (κ1) is 14.9. The molecule has 0 bridgehead atoms. The molecule has 0 aliphatic heterocycles. The summed E-state index contributed by atoms with van der Waals surface area (Å²) in [6.45, 7) is 3.85. The molecule has 2 rings (SSSR count). The van der Waals surface area contributed by atoms with Gasteiger partial charge in [0.25, 0.3) is 5.91 Å². The van der Waals surface area contributed by atoms with Crippen molar-refractivity contribution in [3.63, 3.8) is 0 Å². The summed E-state index contributed by atoms with van der Waals surface area (Å²) in [6.07, 6.45) is 0. The maximum absolute atomic E-state index is 12.4. The molecule has 0 aliphatic rings. The van der Waals surface area contributed by atoms with Crippen molar-refractivity contribution in [1.29, 1.82) is 0 Å². The van der Waals surface area contributed by atoms with Crippen molar-refractivity contribution in [2.75, 3.05) is 30.0 Å². The van der Waals surface area contributed by atoms with E-state index in [1.165, 1.54) is 0 Å². The molecule has 0 heterocycles. The van der Waals surface area contributed by atoms with E-state index in [4.69, 9.17) is 5.73 Å². The van der Waals surface area contributed by atoms with Crippen LogP contribution in [0.5, 0.6) is 0 Å². The molecule has 21 heavy (non-hydrogen) atoms. The molecule has 0 atom stereocenters. The third-order valence-corrected chi connectivity index (χ3v) is 3.48. The third kappa shape index (κ3) is 3.34. The number of amides is 1. The molecule has 4 heteroatoms. The van der Waals surface area contributed by atoms with Gasteiger partial charge in [0.15, 0.2) is 0 Å². The minimum Gasteiger partial charge on any atom is -0.398 e. The molecule has 4 nitrogen and oxygen atoms in total. The smallest absolute Gasteiger partial charge is 0.256 e. The number of benzene rings is 2. The predicted octanol–water partition coefficient (Wildman–Crippen LogP) is 3.20. The number of nitrogen functional groups attached to an aromatic ring is 1. The standard InChI is InChI=1S/C17H21N3O/c1-11-8-12(2)16(18)10-15(11)17(21)19-13-6-5-7-14(9-13)20(3)4/h5-10H,18H2,1-4H3,(H,19,21). The molecule has 0 spiro atoms. The highest BCUT2D eigenvalue weighted by Gasteiger charge is 2.11. The van der Waals surface area contributed by atoms with Gasteiger partial charge in [0, 0.05) is 36.7 Å². The Bertz CT molecular complexity index is 678. The Labute approximate surface area is 125 Å². The lowest BCUT2D eigenvalue weighted by Crippen LogP contribution is -2.15. The number of hydrogen-bond acceptors (Lipinski definition) is 3. The molecule has 1 amide bonds. The van der Waals surface area contributed by atoms with E-state index in [1.807, 2.05) is 63.2 Å². The second kappa shape index (κ2) is 5.87. The first-order valence-corrected chi connectivity index (χ1v) is 6.84. The summed E-state index contributed by atoms with van der Waals surface area (Å²) in [5, 5.41) is 2.92. The molecule has 0 radical (unpaired) electrons. The molecule has 0 saturated heterocycles. The van der Waals surface area contributed by atoms with Crippen LogP contribution in [0.15, 0.2) is 36.4 Å². The summed E-state index contributed by atoms with van der Waals surface area (Å²) in [5.41, 5.74) is 10.8. The maximum atomic E-state index is 12.4. The largest absolute Gasteiger partial charge is 0.398 e. The zero-order valence-corrected chi connectivity index (χ0v) is 12.9. The highest BCUT2D eigenvalue weighted by molar-refractivity contribution is 6.06. The molecule has 0 saturated carbocycles. The molecule has 2 aromatic rings. The van der Waals surface area contributed by atoms with Gasteiger partial charge in [-0.2, -0.15) is 0 Å². The Morgan fingerprint density at radius 3 is 2.48 bits per heavy atom. The van der Waals surface area contributed by atoms with Gasteiger partial charge in [-0.1, -0.05) is 12.1 Å². The summed E-state index contributed by atoms with van der Waals surface area (Å²) < 4.78 is 0. The fourth-order valence-electron chi connectivity index (χ4n) is 2.17. The summed E-state index contributed by atoms with van der Waals surface area (Å²) in [4.78, 5) is 14.4. The SMILES string of the molecule is Cc1cc(C)c(C(=O)Nc2cccc(N(C)C)c2)cc1N. The fraction of sp³-hybridized carbons (Fsp3) is 0.235. The highest BCUT2D eigenvalue weighted by atomic mass is 16.1. The van der Waals surface area contributed by atoms with Gasteiger partial charge in [-0.3, -0.25) is 4.79 Å². The van der Waals surface area contributed by atoms with Crippen LogP contribution >= 0.6 is 0 Å². The van der Waals surface area contributed by atoms with Gasteiger partial charge in [0.05, 0.1) is 0 Å².